The van der Waals surface area contributed by atoms with Crippen LogP contribution in [-0.2, 0) is 33.3 Å². The molecule has 53 heavy (non-hydrogen) atoms. The van der Waals surface area contributed by atoms with E-state index in [2.05, 4.69) is 112 Å². The average Bonchev–Trinajstić information content (AvgIpc) is 4.10. The van der Waals surface area contributed by atoms with Gasteiger partial charge in [0.1, 0.15) is 59.8 Å². The molecule has 0 radical (unpaired) electrons. The van der Waals surface area contributed by atoms with E-state index >= 15 is 0 Å². The van der Waals surface area contributed by atoms with Crippen LogP contribution in [0.4, 0.5) is 0 Å². The van der Waals surface area contributed by atoms with Crippen LogP contribution in [0.1, 0.15) is 59.3 Å². The Bertz CT molecular complexity index is 1910. The van der Waals surface area contributed by atoms with Gasteiger partial charge in [-0.15, -0.1) is 0 Å². The van der Waals surface area contributed by atoms with E-state index < -0.39 is 35.1 Å². The third kappa shape index (κ3) is 4.20. The number of rotatable bonds is 11. The Labute approximate surface area is 311 Å². The lowest BCUT2D eigenvalue weighted by Gasteiger charge is -2.56. The zero-order valence-electron chi connectivity index (χ0n) is 30.7. The number of unbranched alkanes of at least 4 members (excludes halogenated alkanes) is 1. The third-order valence-corrected chi connectivity index (χ3v) is 19.1. The van der Waals surface area contributed by atoms with E-state index in [0.717, 1.165) is 30.1 Å². The van der Waals surface area contributed by atoms with Crippen molar-refractivity contribution < 1.29 is 38.4 Å². The van der Waals surface area contributed by atoms with Gasteiger partial charge in [-0.1, -0.05) is 75.4 Å². The number of ether oxygens (including phenoxy) is 5. The van der Waals surface area contributed by atoms with Crippen LogP contribution in [0.2, 0.25) is 0 Å². The van der Waals surface area contributed by atoms with Crippen LogP contribution in [0.25, 0.3) is 0 Å². The number of carbonyl (C=O) groups excluding carboxylic acids is 2. The Balaban J connectivity index is 0.888. The number of benzene rings is 3. The highest BCUT2D eigenvalue weighted by Gasteiger charge is 3.04. The minimum atomic E-state index is -2.00. The molecule has 0 unspecified atom stereocenters. The van der Waals surface area contributed by atoms with Crippen LogP contribution in [0.5, 0.6) is 0 Å². The fourth-order valence-corrected chi connectivity index (χ4v) is 16.5. The molecule has 9 heteroatoms. The summed E-state index contributed by atoms with van der Waals surface area (Å²) in [6.45, 7) is 6.47. The second-order valence-electron chi connectivity index (χ2n) is 16.9. The second kappa shape index (κ2) is 11.6. The standard InChI is InChI=1S/C44H48O8P/c1-28(2)42-37(51-42)38-44(52-38)40(3)23-22-32-33(26-48-39(32)46)34(40)25-35-43(44,50-35)41(42,47)27-49-36(45)21-13-14-24-53(29-15-7-4-8-16-29,30-17-9-5-10-18-30)31-19-11-6-12-20-31/h4-12,15-20,28,34-35,37-38,47H,13-14,21-27H2,1-3H3/q+1/t34-,35-,37-,38-,40-,41-,42-,43+,44+/m0/s1. The molecule has 3 saturated heterocycles. The summed E-state index contributed by atoms with van der Waals surface area (Å²) in [6, 6.07) is 32.4. The zero-order valence-corrected chi connectivity index (χ0v) is 31.6. The van der Waals surface area contributed by atoms with Crippen molar-refractivity contribution in [2.75, 3.05) is 19.4 Å². The average molecular weight is 736 g/mol. The van der Waals surface area contributed by atoms with Crippen molar-refractivity contribution in [1.29, 1.82) is 0 Å². The smallest absolute Gasteiger partial charge is 0.334 e. The molecule has 10 rings (SSSR count). The number of aliphatic hydroxyl groups is 1. The molecule has 3 aromatic rings. The van der Waals surface area contributed by atoms with Crippen LogP contribution in [0.3, 0.4) is 0 Å². The lowest BCUT2D eigenvalue weighted by molar-refractivity contribution is -0.197. The lowest BCUT2D eigenvalue weighted by Crippen LogP contribution is -2.76. The molecular weight excluding hydrogens is 687 g/mol. The fourth-order valence-electron chi connectivity index (χ4n) is 12.1. The topological polar surface area (TPSA) is 110 Å². The highest BCUT2D eigenvalue weighted by molar-refractivity contribution is 7.95. The van der Waals surface area contributed by atoms with Crippen molar-refractivity contribution in [3.05, 3.63) is 102 Å². The van der Waals surface area contributed by atoms with E-state index in [1.807, 2.05) is 0 Å². The highest BCUT2D eigenvalue weighted by Crippen LogP contribution is 2.85. The van der Waals surface area contributed by atoms with Crippen molar-refractivity contribution in [1.82, 2.24) is 0 Å². The summed E-state index contributed by atoms with van der Waals surface area (Å²) < 4.78 is 31.8. The van der Waals surface area contributed by atoms with Gasteiger partial charge in [0, 0.05) is 17.4 Å². The Kier molecular flexibility index (Phi) is 7.45. The first-order chi connectivity index (χ1) is 25.6. The van der Waals surface area contributed by atoms with Gasteiger partial charge in [0.15, 0.2) is 11.2 Å². The molecule has 0 aromatic heterocycles. The van der Waals surface area contributed by atoms with Gasteiger partial charge in [-0.2, -0.15) is 0 Å². The van der Waals surface area contributed by atoms with Crippen molar-refractivity contribution in [3.8, 4) is 0 Å². The molecule has 2 spiro atoms. The van der Waals surface area contributed by atoms with Gasteiger partial charge in [0.05, 0.1) is 12.3 Å². The van der Waals surface area contributed by atoms with E-state index in [0.29, 0.717) is 25.9 Å². The first kappa shape index (κ1) is 34.1. The molecule has 3 aliphatic carbocycles. The van der Waals surface area contributed by atoms with Gasteiger partial charge >= 0.3 is 11.9 Å². The molecule has 1 N–H and O–H groups in total. The molecule has 4 heterocycles. The van der Waals surface area contributed by atoms with Gasteiger partial charge in [-0.3, -0.25) is 4.79 Å². The Morgan fingerprint density at radius 2 is 1.49 bits per heavy atom. The van der Waals surface area contributed by atoms with E-state index in [1.54, 1.807) is 0 Å². The summed E-state index contributed by atoms with van der Waals surface area (Å²) in [5.41, 5.74) is -2.89. The summed E-state index contributed by atoms with van der Waals surface area (Å²) in [6.07, 6.45) is 3.84. The molecular formula is C44H48O8P+. The minimum Gasteiger partial charge on any atom is -0.462 e. The maximum Gasteiger partial charge on any atom is 0.334 e. The molecule has 3 aromatic carbocycles. The number of hydrogen-bond acceptors (Lipinski definition) is 8. The molecule has 9 atom stereocenters. The molecule has 0 amide bonds. The fraction of sp³-hybridized carbons (Fsp3) is 0.500. The van der Waals surface area contributed by atoms with Crippen LogP contribution in [0.15, 0.2) is 102 Å². The Hall–Kier alpha value is -3.39. The van der Waals surface area contributed by atoms with E-state index in [4.69, 9.17) is 23.7 Å². The largest absolute Gasteiger partial charge is 0.462 e. The lowest BCUT2D eigenvalue weighted by atomic mass is 9.44. The SMILES string of the molecule is CC(C)[C@]12O[C@H]1[C@@H]1O[C@]13[C@]1(O[C@H]1C[C@H]1C4=C(CC[C@@]13C)C(=O)OC4)[C@]2(O)COC(=O)CCCC[P+](c1ccccc1)(c1ccccc1)c1ccccc1. The summed E-state index contributed by atoms with van der Waals surface area (Å²) >= 11 is 0. The second-order valence-corrected chi connectivity index (χ2v) is 20.5. The van der Waals surface area contributed by atoms with Crippen molar-refractivity contribution in [3.63, 3.8) is 0 Å². The number of epoxide rings is 3. The quantitative estimate of drug-likeness (QED) is 0.124. The first-order valence-corrected chi connectivity index (χ1v) is 21.4. The maximum absolute atomic E-state index is 13.7. The van der Waals surface area contributed by atoms with E-state index in [9.17, 15) is 14.7 Å². The van der Waals surface area contributed by atoms with Gasteiger partial charge in [-0.05, 0) is 85.9 Å². The summed E-state index contributed by atoms with van der Waals surface area (Å²) in [4.78, 5) is 26.3. The molecule has 0 bridgehead atoms. The number of esters is 2. The normalized spacial score (nSPS) is 38.4. The number of hydrogen-bond donors (Lipinski definition) is 1. The minimum absolute atomic E-state index is 0.0537. The van der Waals surface area contributed by atoms with Gasteiger partial charge in [0.25, 0.3) is 0 Å². The molecule has 5 fully saturated rings. The molecule has 7 aliphatic rings. The monoisotopic (exact) mass is 735 g/mol. The summed E-state index contributed by atoms with van der Waals surface area (Å²) in [5.74, 6) is -0.535. The Morgan fingerprint density at radius 3 is 2.09 bits per heavy atom. The molecule has 4 aliphatic heterocycles. The molecule has 8 nitrogen and oxygen atoms in total. The van der Waals surface area contributed by atoms with Crippen molar-refractivity contribution >= 4 is 35.1 Å². The molecule has 2 saturated carbocycles. The highest BCUT2D eigenvalue weighted by atomic mass is 31.2. The van der Waals surface area contributed by atoms with Crippen molar-refractivity contribution in [2.24, 2.45) is 17.3 Å². The van der Waals surface area contributed by atoms with Gasteiger partial charge < -0.3 is 28.8 Å². The first-order valence-electron chi connectivity index (χ1n) is 19.5. The summed E-state index contributed by atoms with van der Waals surface area (Å²) in [7, 11) is -2.00. The van der Waals surface area contributed by atoms with Crippen molar-refractivity contribution in [2.45, 2.75) is 100 Å². The van der Waals surface area contributed by atoms with Crippen LogP contribution < -0.4 is 15.9 Å². The predicted molar refractivity (Wildman–Crippen MR) is 201 cm³/mol. The van der Waals surface area contributed by atoms with E-state index in [-0.39, 0.29) is 55.1 Å². The Morgan fingerprint density at radius 1 is 0.868 bits per heavy atom. The van der Waals surface area contributed by atoms with Crippen LogP contribution in [-0.4, -0.2) is 77.1 Å². The maximum atomic E-state index is 13.7. The zero-order chi connectivity index (χ0) is 36.4. The van der Waals surface area contributed by atoms with Crippen LogP contribution >= 0.6 is 7.26 Å². The number of fused-ring (bicyclic) bond motifs is 4. The van der Waals surface area contributed by atoms with Gasteiger partial charge in [0.2, 0.25) is 0 Å². The number of cyclic esters (lactones) is 1. The third-order valence-electron chi connectivity index (χ3n) is 14.5. The summed E-state index contributed by atoms with van der Waals surface area (Å²) in [5, 5.41) is 17.1. The number of carbonyl (C=O) groups is 2. The van der Waals surface area contributed by atoms with Gasteiger partial charge in [-0.25, -0.2) is 4.79 Å². The molecule has 276 valence electrons. The predicted octanol–water partition coefficient (Wildman–Crippen LogP) is 5.18. The van der Waals surface area contributed by atoms with Crippen LogP contribution in [0, 0.1) is 17.3 Å². The van der Waals surface area contributed by atoms with E-state index in [1.165, 1.54) is 15.9 Å².